The van der Waals surface area contributed by atoms with Gasteiger partial charge in [-0.1, -0.05) is 35.3 Å². The van der Waals surface area contributed by atoms with Gasteiger partial charge in [-0.25, -0.2) is 4.98 Å². The number of rotatable bonds is 2. The van der Waals surface area contributed by atoms with E-state index in [2.05, 4.69) is 9.97 Å². The van der Waals surface area contributed by atoms with Gasteiger partial charge in [0.15, 0.2) is 0 Å². The number of thiazole rings is 1. The molecule has 2 heterocycles. The van der Waals surface area contributed by atoms with E-state index in [0.717, 1.165) is 27.4 Å². The van der Waals surface area contributed by atoms with Gasteiger partial charge in [0.25, 0.3) is 0 Å². The molecule has 0 saturated heterocycles. The van der Waals surface area contributed by atoms with E-state index >= 15 is 0 Å². The van der Waals surface area contributed by atoms with Gasteiger partial charge >= 0.3 is 0 Å². The van der Waals surface area contributed by atoms with Crippen molar-refractivity contribution in [3.05, 3.63) is 57.6 Å². The van der Waals surface area contributed by atoms with Crippen molar-refractivity contribution in [2.45, 2.75) is 6.92 Å². The molecule has 2 nitrogen and oxygen atoms in total. The van der Waals surface area contributed by atoms with Crippen LogP contribution in [0.25, 0.3) is 21.8 Å². The quantitative estimate of drug-likeness (QED) is 0.624. The van der Waals surface area contributed by atoms with Crippen molar-refractivity contribution in [2.75, 3.05) is 0 Å². The lowest BCUT2D eigenvalue weighted by Gasteiger charge is -2.01. The predicted molar refractivity (Wildman–Crippen MR) is 85.5 cm³/mol. The molecule has 0 saturated carbocycles. The fraction of sp³-hybridized carbons (Fsp3) is 0.0667. The van der Waals surface area contributed by atoms with E-state index < -0.39 is 0 Å². The number of aromatic nitrogens is 2. The van der Waals surface area contributed by atoms with Crippen LogP contribution in [-0.4, -0.2) is 9.97 Å². The number of nitrogens with zero attached hydrogens (tertiary/aromatic N) is 2. The second kappa shape index (κ2) is 5.52. The molecular formula is C15H10Cl2N2S. The maximum atomic E-state index is 6.33. The van der Waals surface area contributed by atoms with Crippen LogP contribution in [0.5, 0.6) is 0 Å². The summed E-state index contributed by atoms with van der Waals surface area (Å²) in [6.45, 7) is 2.02. The van der Waals surface area contributed by atoms with Crippen LogP contribution in [0.1, 0.15) is 5.56 Å². The second-order valence-corrected chi connectivity index (χ2v) is 6.38. The van der Waals surface area contributed by atoms with Gasteiger partial charge in [0.05, 0.1) is 0 Å². The van der Waals surface area contributed by atoms with Gasteiger partial charge in [0.2, 0.25) is 0 Å². The number of pyridine rings is 1. The van der Waals surface area contributed by atoms with Crippen molar-refractivity contribution < 1.29 is 0 Å². The fourth-order valence-electron chi connectivity index (χ4n) is 1.90. The zero-order valence-electron chi connectivity index (χ0n) is 10.6. The molecular weight excluding hydrogens is 311 g/mol. The lowest BCUT2D eigenvalue weighted by Crippen LogP contribution is -1.86. The van der Waals surface area contributed by atoms with Gasteiger partial charge in [-0.05, 0) is 30.7 Å². The Labute approximate surface area is 131 Å². The standard InChI is InChI=1S/C15H10Cl2N2S/c1-9-6-7-18-8-12(9)13-14(17)20-15(19-13)10-2-4-11(16)5-3-10/h2-8H,1H3. The third-order valence-corrected chi connectivity index (χ3v) is 4.53. The zero-order valence-corrected chi connectivity index (χ0v) is 12.9. The number of benzene rings is 1. The highest BCUT2D eigenvalue weighted by Gasteiger charge is 2.14. The molecule has 0 N–H and O–H groups in total. The van der Waals surface area contributed by atoms with Crippen molar-refractivity contribution in [2.24, 2.45) is 0 Å². The summed E-state index contributed by atoms with van der Waals surface area (Å²) in [5.41, 5.74) is 3.87. The molecule has 0 bridgehead atoms. The van der Waals surface area contributed by atoms with E-state index in [1.165, 1.54) is 11.3 Å². The summed E-state index contributed by atoms with van der Waals surface area (Å²) in [7, 11) is 0. The number of halogens is 2. The molecule has 3 aromatic rings. The highest BCUT2D eigenvalue weighted by Crippen LogP contribution is 2.38. The molecule has 0 aliphatic heterocycles. The van der Waals surface area contributed by atoms with Crippen LogP contribution >= 0.6 is 34.5 Å². The molecule has 0 spiro atoms. The van der Waals surface area contributed by atoms with E-state index in [-0.39, 0.29) is 0 Å². The van der Waals surface area contributed by atoms with Crippen molar-refractivity contribution in [1.29, 1.82) is 0 Å². The summed E-state index contributed by atoms with van der Waals surface area (Å²) in [6, 6.07) is 9.53. The van der Waals surface area contributed by atoms with E-state index in [1.54, 1.807) is 12.4 Å². The monoisotopic (exact) mass is 320 g/mol. The first-order chi connectivity index (χ1) is 9.65. The van der Waals surface area contributed by atoms with E-state index in [0.29, 0.717) is 9.36 Å². The molecule has 1 aromatic carbocycles. The average molecular weight is 321 g/mol. The Morgan fingerprint density at radius 2 is 1.80 bits per heavy atom. The number of aryl methyl sites for hydroxylation is 1. The maximum Gasteiger partial charge on any atom is 0.125 e. The summed E-state index contributed by atoms with van der Waals surface area (Å²) in [6.07, 6.45) is 3.56. The first-order valence-corrected chi connectivity index (χ1v) is 7.55. The Morgan fingerprint density at radius 1 is 1.05 bits per heavy atom. The second-order valence-electron chi connectivity index (χ2n) is 4.34. The van der Waals surface area contributed by atoms with Gasteiger partial charge in [-0.2, -0.15) is 0 Å². The van der Waals surface area contributed by atoms with Crippen LogP contribution in [0.15, 0.2) is 42.7 Å². The van der Waals surface area contributed by atoms with Crippen LogP contribution in [0, 0.1) is 6.92 Å². The Bertz CT molecular complexity index is 751. The van der Waals surface area contributed by atoms with Gasteiger partial charge in [0, 0.05) is 28.5 Å². The van der Waals surface area contributed by atoms with Gasteiger partial charge in [-0.3, -0.25) is 4.98 Å². The zero-order chi connectivity index (χ0) is 14.1. The number of hydrogen-bond donors (Lipinski definition) is 0. The van der Waals surface area contributed by atoms with Crippen molar-refractivity contribution >= 4 is 34.5 Å². The first-order valence-electron chi connectivity index (χ1n) is 5.98. The molecule has 0 unspecified atom stereocenters. The smallest absolute Gasteiger partial charge is 0.125 e. The summed E-state index contributed by atoms with van der Waals surface area (Å²) in [5.74, 6) is 0. The van der Waals surface area contributed by atoms with Crippen LogP contribution in [0.4, 0.5) is 0 Å². The van der Waals surface area contributed by atoms with E-state index in [1.807, 2.05) is 37.3 Å². The highest BCUT2D eigenvalue weighted by atomic mass is 35.5. The predicted octanol–water partition coefficient (Wildman–Crippen LogP) is 5.49. The molecule has 100 valence electrons. The van der Waals surface area contributed by atoms with Crippen LogP contribution in [0.3, 0.4) is 0 Å². The summed E-state index contributed by atoms with van der Waals surface area (Å²) >= 11 is 13.7. The molecule has 5 heteroatoms. The Morgan fingerprint density at radius 3 is 2.50 bits per heavy atom. The summed E-state index contributed by atoms with van der Waals surface area (Å²) in [5, 5.41) is 1.59. The SMILES string of the molecule is Cc1ccncc1-c1nc(-c2ccc(Cl)cc2)sc1Cl. The minimum Gasteiger partial charge on any atom is -0.264 e. The molecule has 0 fully saturated rings. The summed E-state index contributed by atoms with van der Waals surface area (Å²) < 4.78 is 0.672. The van der Waals surface area contributed by atoms with Crippen LogP contribution in [0.2, 0.25) is 9.36 Å². The van der Waals surface area contributed by atoms with Crippen molar-refractivity contribution in [3.63, 3.8) is 0 Å². The van der Waals surface area contributed by atoms with E-state index in [4.69, 9.17) is 23.2 Å². The Hall–Kier alpha value is -1.42. The Kier molecular flexibility index (Phi) is 3.74. The molecule has 0 aliphatic rings. The fourth-order valence-corrected chi connectivity index (χ4v) is 3.20. The molecule has 20 heavy (non-hydrogen) atoms. The Balaban J connectivity index is 2.08. The minimum atomic E-state index is 0.672. The lowest BCUT2D eigenvalue weighted by atomic mass is 10.1. The maximum absolute atomic E-state index is 6.33. The summed E-state index contributed by atoms with van der Waals surface area (Å²) in [4.78, 5) is 8.79. The lowest BCUT2D eigenvalue weighted by molar-refractivity contribution is 1.27. The van der Waals surface area contributed by atoms with Crippen LogP contribution in [-0.2, 0) is 0 Å². The minimum absolute atomic E-state index is 0.672. The average Bonchev–Trinajstić information content (AvgIpc) is 2.82. The largest absolute Gasteiger partial charge is 0.264 e. The van der Waals surface area contributed by atoms with Crippen LogP contribution < -0.4 is 0 Å². The topological polar surface area (TPSA) is 25.8 Å². The molecule has 0 atom stereocenters. The molecule has 2 aromatic heterocycles. The molecule has 3 rings (SSSR count). The van der Waals surface area contributed by atoms with Gasteiger partial charge in [-0.15, -0.1) is 11.3 Å². The van der Waals surface area contributed by atoms with Gasteiger partial charge < -0.3 is 0 Å². The number of hydrogen-bond acceptors (Lipinski definition) is 3. The molecule has 0 radical (unpaired) electrons. The van der Waals surface area contributed by atoms with Gasteiger partial charge in [0.1, 0.15) is 15.0 Å². The molecule has 0 amide bonds. The van der Waals surface area contributed by atoms with Crippen molar-refractivity contribution in [3.8, 4) is 21.8 Å². The highest BCUT2D eigenvalue weighted by molar-refractivity contribution is 7.19. The van der Waals surface area contributed by atoms with Crippen molar-refractivity contribution in [1.82, 2.24) is 9.97 Å². The normalized spacial score (nSPS) is 10.8. The van der Waals surface area contributed by atoms with E-state index in [9.17, 15) is 0 Å². The third-order valence-electron chi connectivity index (χ3n) is 2.97. The molecule has 0 aliphatic carbocycles. The third kappa shape index (κ3) is 2.57. The first kappa shape index (κ1) is 13.6.